The molecule has 102 valence electrons. The van der Waals surface area contributed by atoms with Crippen LogP contribution in [0.4, 0.5) is 0 Å². The van der Waals surface area contributed by atoms with E-state index in [0.29, 0.717) is 6.61 Å². The van der Waals surface area contributed by atoms with E-state index in [0.717, 1.165) is 6.42 Å². The predicted molar refractivity (Wildman–Crippen MR) is 77.0 cm³/mol. The number of aryl methyl sites for hydroxylation is 1. The number of hydrogen-bond donors (Lipinski definition) is 0. The van der Waals surface area contributed by atoms with Gasteiger partial charge in [-0.15, -0.1) is 0 Å². The van der Waals surface area contributed by atoms with E-state index in [1.807, 2.05) is 13.8 Å². The first-order valence-corrected chi connectivity index (χ1v) is 6.86. The van der Waals surface area contributed by atoms with Crippen LogP contribution in [-0.4, -0.2) is 12.6 Å². The fraction of sp³-hybridized carbons (Fsp3) is 0.471. The Kier molecular flexibility index (Phi) is 3.53. The summed E-state index contributed by atoms with van der Waals surface area (Å²) in [4.78, 5) is 12.4. The molecular weight excluding hydrogens is 236 g/mol. The minimum absolute atomic E-state index is 0.108. The predicted octanol–water partition coefficient (Wildman–Crippen LogP) is 3.78. The largest absolute Gasteiger partial charge is 0.466 e. The molecule has 19 heavy (non-hydrogen) atoms. The number of allylic oxidation sites excluding steroid dienone is 2. The summed E-state index contributed by atoms with van der Waals surface area (Å²) in [7, 11) is 0. The minimum atomic E-state index is -0.516. The molecule has 2 heteroatoms. The van der Waals surface area contributed by atoms with E-state index in [4.69, 9.17) is 4.74 Å². The van der Waals surface area contributed by atoms with Gasteiger partial charge in [0.1, 0.15) is 0 Å². The van der Waals surface area contributed by atoms with Crippen LogP contribution in [0.5, 0.6) is 0 Å². The molecule has 0 amide bonds. The zero-order valence-electron chi connectivity index (χ0n) is 12.2. The molecule has 0 saturated carbocycles. The van der Waals surface area contributed by atoms with Crippen molar-refractivity contribution < 1.29 is 9.53 Å². The highest BCUT2D eigenvalue weighted by molar-refractivity contribution is 5.80. The Balaban J connectivity index is 2.42. The van der Waals surface area contributed by atoms with Crippen molar-refractivity contribution in [2.24, 2.45) is 5.41 Å². The van der Waals surface area contributed by atoms with Gasteiger partial charge in [0.25, 0.3) is 0 Å². The normalized spacial score (nSPS) is 29.5. The number of carbonyl (C=O) groups is 1. The molecule has 0 saturated heterocycles. The summed E-state index contributed by atoms with van der Waals surface area (Å²) in [6.07, 6.45) is 4.97. The Morgan fingerprint density at radius 1 is 1.26 bits per heavy atom. The van der Waals surface area contributed by atoms with Gasteiger partial charge in [0.15, 0.2) is 0 Å². The van der Waals surface area contributed by atoms with Gasteiger partial charge in [0.2, 0.25) is 0 Å². The molecule has 0 N–H and O–H groups in total. The first-order valence-electron chi connectivity index (χ1n) is 6.86. The highest BCUT2D eigenvalue weighted by atomic mass is 16.5. The van der Waals surface area contributed by atoms with E-state index in [1.165, 1.54) is 11.1 Å². The summed E-state index contributed by atoms with van der Waals surface area (Å²) < 4.78 is 5.29. The number of hydrogen-bond acceptors (Lipinski definition) is 2. The second-order valence-corrected chi connectivity index (χ2v) is 5.73. The van der Waals surface area contributed by atoms with Gasteiger partial charge in [-0.3, -0.25) is 4.79 Å². The van der Waals surface area contributed by atoms with Gasteiger partial charge in [-0.05, 0) is 32.8 Å². The van der Waals surface area contributed by atoms with Gasteiger partial charge >= 0.3 is 5.97 Å². The van der Waals surface area contributed by atoms with Crippen LogP contribution in [-0.2, 0) is 14.9 Å². The van der Waals surface area contributed by atoms with Crippen molar-refractivity contribution in [3.05, 3.63) is 47.5 Å². The van der Waals surface area contributed by atoms with Gasteiger partial charge < -0.3 is 4.74 Å². The van der Waals surface area contributed by atoms with E-state index >= 15 is 0 Å². The zero-order chi connectivity index (χ0) is 14.1. The number of rotatable bonds is 3. The lowest BCUT2D eigenvalue weighted by molar-refractivity contribution is -0.156. The highest BCUT2D eigenvalue weighted by Crippen LogP contribution is 2.50. The summed E-state index contributed by atoms with van der Waals surface area (Å²) in [5.74, 6) is -0.108. The lowest BCUT2D eigenvalue weighted by atomic mass is 9.64. The maximum absolute atomic E-state index is 12.4. The van der Waals surface area contributed by atoms with Crippen molar-refractivity contribution in [2.75, 3.05) is 6.61 Å². The molecule has 0 fully saturated rings. The molecule has 0 radical (unpaired) electrons. The van der Waals surface area contributed by atoms with Gasteiger partial charge in [0.05, 0.1) is 12.0 Å². The fourth-order valence-corrected chi connectivity index (χ4v) is 2.83. The van der Waals surface area contributed by atoms with Crippen LogP contribution < -0.4 is 0 Å². The maximum Gasteiger partial charge on any atom is 0.313 e. The first-order chi connectivity index (χ1) is 8.94. The van der Waals surface area contributed by atoms with Crippen molar-refractivity contribution in [1.29, 1.82) is 0 Å². The third kappa shape index (κ3) is 2.09. The van der Waals surface area contributed by atoms with Crippen molar-refractivity contribution in [3.63, 3.8) is 0 Å². The molecule has 2 atom stereocenters. The molecule has 2 nitrogen and oxygen atoms in total. The molecule has 1 aliphatic rings. The van der Waals surface area contributed by atoms with Crippen molar-refractivity contribution in [2.45, 2.75) is 39.5 Å². The van der Waals surface area contributed by atoms with Crippen molar-refractivity contribution in [3.8, 4) is 0 Å². The second kappa shape index (κ2) is 4.84. The Labute approximate surface area is 115 Å². The number of esters is 1. The summed E-state index contributed by atoms with van der Waals surface area (Å²) in [6.45, 7) is 8.48. The Bertz CT molecular complexity index is 500. The van der Waals surface area contributed by atoms with Crippen LogP contribution in [0.3, 0.4) is 0 Å². The van der Waals surface area contributed by atoms with E-state index in [2.05, 4.69) is 50.3 Å². The number of ether oxygens (including phenoxy) is 1. The van der Waals surface area contributed by atoms with Crippen LogP contribution in [0, 0.1) is 12.3 Å². The third-order valence-electron chi connectivity index (χ3n) is 4.50. The summed E-state index contributed by atoms with van der Waals surface area (Å²) in [6, 6.07) is 8.42. The van der Waals surface area contributed by atoms with E-state index in [9.17, 15) is 4.79 Å². The molecule has 0 bridgehead atoms. The first kappa shape index (κ1) is 13.9. The topological polar surface area (TPSA) is 26.3 Å². The lowest BCUT2D eigenvalue weighted by Crippen LogP contribution is -2.44. The third-order valence-corrected chi connectivity index (χ3v) is 4.50. The second-order valence-electron chi connectivity index (χ2n) is 5.73. The molecule has 0 spiro atoms. The molecule has 1 aromatic carbocycles. The molecule has 0 aliphatic heterocycles. The maximum atomic E-state index is 12.4. The van der Waals surface area contributed by atoms with Crippen LogP contribution in [0.2, 0.25) is 0 Å². The van der Waals surface area contributed by atoms with Crippen LogP contribution in [0.15, 0.2) is 36.4 Å². The standard InChI is InChI=1S/C17H22O2/c1-5-19-15(18)17(4)12-6-11-16(17,3)14-9-7-13(2)8-10-14/h6-11H,5,12H2,1-4H3/t16-,17+/m0/s1. The van der Waals surface area contributed by atoms with E-state index in [1.54, 1.807) is 0 Å². The quantitative estimate of drug-likeness (QED) is 0.609. The van der Waals surface area contributed by atoms with Crippen LogP contribution in [0.1, 0.15) is 38.3 Å². The molecule has 0 heterocycles. The van der Waals surface area contributed by atoms with E-state index < -0.39 is 5.41 Å². The summed E-state index contributed by atoms with van der Waals surface area (Å²) >= 11 is 0. The Morgan fingerprint density at radius 3 is 2.47 bits per heavy atom. The van der Waals surface area contributed by atoms with Gasteiger partial charge in [-0.1, -0.05) is 48.9 Å². The molecule has 0 aromatic heterocycles. The monoisotopic (exact) mass is 258 g/mol. The van der Waals surface area contributed by atoms with Crippen LogP contribution in [0.25, 0.3) is 0 Å². The molecule has 1 aromatic rings. The summed E-state index contributed by atoms with van der Waals surface area (Å²) in [5, 5.41) is 0. The fourth-order valence-electron chi connectivity index (χ4n) is 2.83. The zero-order valence-corrected chi connectivity index (χ0v) is 12.2. The minimum Gasteiger partial charge on any atom is -0.466 e. The Morgan fingerprint density at radius 2 is 1.89 bits per heavy atom. The number of benzene rings is 1. The number of carbonyl (C=O) groups excluding carboxylic acids is 1. The van der Waals surface area contributed by atoms with Gasteiger partial charge in [0, 0.05) is 5.41 Å². The van der Waals surface area contributed by atoms with Gasteiger partial charge in [-0.2, -0.15) is 0 Å². The summed E-state index contributed by atoms with van der Waals surface area (Å²) in [5.41, 5.74) is 1.58. The molecule has 0 unspecified atom stereocenters. The molecule has 2 rings (SSSR count). The average Bonchev–Trinajstić information content (AvgIpc) is 2.69. The SMILES string of the molecule is CCOC(=O)[C@@]1(C)CC=C[C@@]1(C)c1ccc(C)cc1. The average molecular weight is 258 g/mol. The molecule has 1 aliphatic carbocycles. The Hall–Kier alpha value is -1.57. The highest BCUT2D eigenvalue weighted by Gasteiger charge is 2.52. The van der Waals surface area contributed by atoms with Gasteiger partial charge in [-0.25, -0.2) is 0 Å². The lowest BCUT2D eigenvalue weighted by Gasteiger charge is -2.39. The molecular formula is C17H22O2. The van der Waals surface area contributed by atoms with Crippen molar-refractivity contribution in [1.82, 2.24) is 0 Å². The van der Waals surface area contributed by atoms with Crippen LogP contribution >= 0.6 is 0 Å². The van der Waals surface area contributed by atoms with Crippen molar-refractivity contribution >= 4 is 5.97 Å². The smallest absolute Gasteiger partial charge is 0.313 e. The van der Waals surface area contributed by atoms with E-state index in [-0.39, 0.29) is 11.4 Å².